The first kappa shape index (κ1) is 14.3. The molecule has 2 fully saturated rings. The molecule has 0 saturated heterocycles. The molecule has 1 unspecified atom stereocenters. The van der Waals surface area contributed by atoms with Crippen LogP contribution in [0.5, 0.6) is 0 Å². The highest BCUT2D eigenvalue weighted by molar-refractivity contribution is 5.03. The Hall–Kier alpha value is -0.120. The highest BCUT2D eigenvalue weighted by Gasteiger charge is 2.47. The molecule has 0 aliphatic heterocycles. The van der Waals surface area contributed by atoms with Crippen molar-refractivity contribution in [3.63, 3.8) is 0 Å². The van der Waals surface area contributed by atoms with E-state index in [0.29, 0.717) is 0 Å². The summed E-state index contributed by atoms with van der Waals surface area (Å²) in [6.45, 7) is 2.73. The molecule has 0 amide bonds. The van der Waals surface area contributed by atoms with E-state index < -0.39 is 0 Å². The fraction of sp³-hybridized carbons (Fsp3) is 1.00. The normalized spacial score (nSPS) is 25.3. The van der Waals surface area contributed by atoms with Crippen molar-refractivity contribution in [2.45, 2.75) is 50.5 Å². The van der Waals surface area contributed by atoms with E-state index >= 15 is 0 Å². The second-order valence-corrected chi connectivity index (χ2v) is 6.40. The Morgan fingerprint density at radius 1 is 1.17 bits per heavy atom. The zero-order valence-corrected chi connectivity index (χ0v) is 12.2. The fourth-order valence-electron chi connectivity index (χ4n) is 3.73. The van der Waals surface area contributed by atoms with Crippen LogP contribution in [0.15, 0.2) is 0 Å². The summed E-state index contributed by atoms with van der Waals surface area (Å²) in [4.78, 5) is 2.53. The lowest BCUT2D eigenvalue weighted by molar-refractivity contribution is 0.00393. The van der Waals surface area contributed by atoms with E-state index in [2.05, 4.69) is 11.9 Å². The zero-order valence-electron chi connectivity index (χ0n) is 12.2. The van der Waals surface area contributed by atoms with Crippen molar-refractivity contribution in [2.75, 3.05) is 33.9 Å². The first-order valence-corrected chi connectivity index (χ1v) is 7.63. The SMILES string of the molecule is COCC(CN)(C1CC1)N(C)CC1CCCCC1. The van der Waals surface area contributed by atoms with Crippen LogP contribution >= 0.6 is 0 Å². The number of nitrogens with zero attached hydrogens (tertiary/aromatic N) is 1. The van der Waals surface area contributed by atoms with Crippen LogP contribution < -0.4 is 5.73 Å². The summed E-state index contributed by atoms with van der Waals surface area (Å²) in [5, 5.41) is 0. The van der Waals surface area contributed by atoms with Crippen LogP contribution in [0.4, 0.5) is 0 Å². The molecule has 0 bridgehead atoms. The van der Waals surface area contributed by atoms with Crippen LogP contribution in [0, 0.1) is 11.8 Å². The number of ether oxygens (including phenoxy) is 1. The van der Waals surface area contributed by atoms with Gasteiger partial charge in [-0.3, -0.25) is 4.90 Å². The van der Waals surface area contributed by atoms with Gasteiger partial charge in [-0.1, -0.05) is 19.3 Å². The molecule has 0 heterocycles. The predicted octanol–water partition coefficient (Wildman–Crippen LogP) is 2.25. The lowest BCUT2D eigenvalue weighted by atomic mass is 9.86. The summed E-state index contributed by atoms with van der Waals surface area (Å²) in [5.41, 5.74) is 6.22. The summed E-state index contributed by atoms with van der Waals surface area (Å²) in [6.07, 6.45) is 9.74. The molecule has 0 aromatic heterocycles. The van der Waals surface area contributed by atoms with E-state index in [-0.39, 0.29) is 5.54 Å². The minimum absolute atomic E-state index is 0.103. The van der Waals surface area contributed by atoms with Crippen LogP contribution in [0.2, 0.25) is 0 Å². The third-order valence-electron chi connectivity index (χ3n) is 5.10. The summed E-state index contributed by atoms with van der Waals surface area (Å²) >= 11 is 0. The van der Waals surface area contributed by atoms with Crippen LogP contribution in [-0.2, 0) is 4.74 Å². The van der Waals surface area contributed by atoms with Crippen molar-refractivity contribution < 1.29 is 4.74 Å². The van der Waals surface area contributed by atoms with E-state index in [1.165, 1.54) is 51.5 Å². The Balaban J connectivity index is 1.95. The van der Waals surface area contributed by atoms with Gasteiger partial charge in [0, 0.05) is 20.2 Å². The van der Waals surface area contributed by atoms with Crippen molar-refractivity contribution in [3.05, 3.63) is 0 Å². The van der Waals surface area contributed by atoms with Gasteiger partial charge in [-0.2, -0.15) is 0 Å². The number of likely N-dealkylation sites (N-methyl/N-ethyl adjacent to an activating group) is 1. The largest absolute Gasteiger partial charge is 0.383 e. The van der Waals surface area contributed by atoms with Gasteiger partial charge in [-0.25, -0.2) is 0 Å². The Bertz CT molecular complexity index is 249. The fourth-order valence-corrected chi connectivity index (χ4v) is 3.73. The van der Waals surface area contributed by atoms with Gasteiger partial charge in [0.15, 0.2) is 0 Å². The first-order chi connectivity index (χ1) is 8.73. The van der Waals surface area contributed by atoms with Crippen molar-refractivity contribution in [2.24, 2.45) is 17.6 Å². The topological polar surface area (TPSA) is 38.5 Å². The number of hydrogen-bond donors (Lipinski definition) is 1. The molecule has 3 nitrogen and oxygen atoms in total. The minimum atomic E-state index is 0.103. The van der Waals surface area contributed by atoms with Gasteiger partial charge >= 0.3 is 0 Å². The van der Waals surface area contributed by atoms with Gasteiger partial charge in [0.1, 0.15) is 0 Å². The van der Waals surface area contributed by atoms with Gasteiger partial charge in [0.25, 0.3) is 0 Å². The van der Waals surface area contributed by atoms with Crippen molar-refractivity contribution >= 4 is 0 Å². The predicted molar refractivity (Wildman–Crippen MR) is 75.6 cm³/mol. The van der Waals surface area contributed by atoms with Crippen LogP contribution in [-0.4, -0.2) is 44.3 Å². The summed E-state index contributed by atoms with van der Waals surface area (Å²) in [5.74, 6) is 1.64. The van der Waals surface area contributed by atoms with E-state index in [0.717, 1.165) is 25.0 Å². The molecule has 0 radical (unpaired) electrons. The number of nitrogens with two attached hydrogens (primary N) is 1. The standard InChI is InChI=1S/C15H30N2O/c1-17(10-13-6-4-3-5-7-13)15(11-16,12-18-2)14-8-9-14/h13-14H,3-12,16H2,1-2H3. The number of hydrogen-bond acceptors (Lipinski definition) is 3. The van der Waals surface area contributed by atoms with Crippen LogP contribution in [0.25, 0.3) is 0 Å². The maximum atomic E-state index is 6.12. The Kier molecular flexibility index (Phi) is 5.05. The van der Waals surface area contributed by atoms with Crippen LogP contribution in [0.1, 0.15) is 44.9 Å². The van der Waals surface area contributed by atoms with Gasteiger partial charge < -0.3 is 10.5 Å². The second kappa shape index (κ2) is 6.36. The average molecular weight is 254 g/mol. The molecular formula is C15H30N2O. The van der Waals surface area contributed by atoms with E-state index in [1.807, 2.05) is 0 Å². The third kappa shape index (κ3) is 3.06. The molecule has 0 aromatic carbocycles. The Morgan fingerprint density at radius 3 is 2.33 bits per heavy atom. The van der Waals surface area contributed by atoms with Crippen molar-refractivity contribution in [3.8, 4) is 0 Å². The van der Waals surface area contributed by atoms with Gasteiger partial charge in [-0.05, 0) is 44.6 Å². The molecular weight excluding hydrogens is 224 g/mol. The van der Waals surface area contributed by atoms with Gasteiger partial charge in [0.05, 0.1) is 12.1 Å². The number of methoxy groups -OCH3 is 1. The zero-order chi connectivity index (χ0) is 13.0. The minimum Gasteiger partial charge on any atom is -0.383 e. The second-order valence-electron chi connectivity index (χ2n) is 6.40. The van der Waals surface area contributed by atoms with Crippen LogP contribution in [0.3, 0.4) is 0 Å². The van der Waals surface area contributed by atoms with E-state index in [9.17, 15) is 0 Å². The molecule has 2 N–H and O–H groups in total. The molecule has 2 saturated carbocycles. The lowest BCUT2D eigenvalue weighted by Gasteiger charge is -2.43. The third-order valence-corrected chi connectivity index (χ3v) is 5.10. The lowest BCUT2D eigenvalue weighted by Crippen LogP contribution is -2.58. The molecule has 2 rings (SSSR count). The van der Waals surface area contributed by atoms with Gasteiger partial charge in [0.2, 0.25) is 0 Å². The highest BCUT2D eigenvalue weighted by Crippen LogP contribution is 2.43. The maximum Gasteiger partial charge on any atom is 0.0661 e. The maximum absolute atomic E-state index is 6.12. The average Bonchev–Trinajstić information content (AvgIpc) is 3.21. The monoisotopic (exact) mass is 254 g/mol. The molecule has 2 aliphatic rings. The molecule has 0 spiro atoms. The summed E-state index contributed by atoms with van der Waals surface area (Å²) in [7, 11) is 4.07. The smallest absolute Gasteiger partial charge is 0.0661 e. The summed E-state index contributed by atoms with van der Waals surface area (Å²) in [6, 6.07) is 0. The van der Waals surface area contributed by atoms with E-state index in [1.54, 1.807) is 7.11 Å². The molecule has 0 aromatic rings. The molecule has 1 atom stereocenters. The molecule has 3 heteroatoms. The molecule has 106 valence electrons. The Morgan fingerprint density at radius 2 is 1.83 bits per heavy atom. The first-order valence-electron chi connectivity index (χ1n) is 7.63. The molecule has 18 heavy (non-hydrogen) atoms. The van der Waals surface area contributed by atoms with Crippen molar-refractivity contribution in [1.29, 1.82) is 0 Å². The van der Waals surface area contributed by atoms with Crippen molar-refractivity contribution in [1.82, 2.24) is 4.90 Å². The van der Waals surface area contributed by atoms with Gasteiger partial charge in [-0.15, -0.1) is 0 Å². The Labute approximate surface area is 112 Å². The quantitative estimate of drug-likeness (QED) is 0.757. The number of rotatable bonds is 7. The highest BCUT2D eigenvalue weighted by atomic mass is 16.5. The van der Waals surface area contributed by atoms with E-state index in [4.69, 9.17) is 10.5 Å². The summed E-state index contributed by atoms with van der Waals surface area (Å²) < 4.78 is 5.49. The molecule has 2 aliphatic carbocycles.